The molecule has 3 rings (SSSR count). The minimum Gasteiger partial charge on any atom is -0.462 e. The van der Waals surface area contributed by atoms with E-state index in [1.807, 2.05) is 0 Å². The fraction of sp³-hybridized carbons (Fsp3) is 0.0625. The van der Waals surface area contributed by atoms with E-state index in [1.54, 1.807) is 43.3 Å². The summed E-state index contributed by atoms with van der Waals surface area (Å²) in [5.41, 5.74) is 0.201. The summed E-state index contributed by atoms with van der Waals surface area (Å²) in [4.78, 5) is 37.5. The first kappa shape index (κ1) is 15.2. The minimum atomic E-state index is -0.782. The molecule has 1 aliphatic heterocycles. The molecular weight excluding hydrogens is 364 g/mol. The summed E-state index contributed by atoms with van der Waals surface area (Å²) in [5, 5.41) is 2.16. The van der Waals surface area contributed by atoms with Crippen LogP contribution < -0.4 is 10.2 Å². The first-order valence-corrected chi connectivity index (χ1v) is 7.48. The predicted molar refractivity (Wildman–Crippen MR) is 86.6 cm³/mol. The van der Waals surface area contributed by atoms with Gasteiger partial charge in [0.1, 0.15) is 17.1 Å². The second kappa shape index (κ2) is 5.85. The standard InChI is InChI=1S/C16H11BrN2O4/c1-9-2-7-12(23-9)8-13-14(20)18-16(22)19(15(13)21)11-5-3-10(17)4-6-11/h2-8H,1H3,(H,18,20,22)/b13-8+. The normalized spacial score (nSPS) is 16.9. The number of nitrogens with one attached hydrogen (secondary N) is 1. The molecule has 0 atom stereocenters. The fourth-order valence-corrected chi connectivity index (χ4v) is 2.42. The van der Waals surface area contributed by atoms with Crippen molar-refractivity contribution in [3.63, 3.8) is 0 Å². The number of hydrogen-bond donors (Lipinski definition) is 1. The Hall–Kier alpha value is -2.67. The smallest absolute Gasteiger partial charge is 0.335 e. The van der Waals surface area contributed by atoms with Gasteiger partial charge in [-0.25, -0.2) is 9.69 Å². The minimum absolute atomic E-state index is 0.165. The number of benzene rings is 1. The molecule has 7 heteroatoms. The first-order chi connectivity index (χ1) is 11.0. The third kappa shape index (κ3) is 2.95. The van der Waals surface area contributed by atoms with Gasteiger partial charge in [0, 0.05) is 4.47 Å². The first-order valence-electron chi connectivity index (χ1n) is 6.69. The van der Waals surface area contributed by atoms with Gasteiger partial charge in [0.25, 0.3) is 11.8 Å². The highest BCUT2D eigenvalue weighted by atomic mass is 79.9. The zero-order valence-electron chi connectivity index (χ0n) is 12.0. The third-order valence-electron chi connectivity index (χ3n) is 3.23. The zero-order chi connectivity index (χ0) is 16.6. The number of carbonyl (C=O) groups is 3. The van der Waals surface area contributed by atoms with Gasteiger partial charge in [0.05, 0.1) is 5.69 Å². The molecule has 1 saturated heterocycles. The van der Waals surface area contributed by atoms with Crippen molar-refractivity contribution < 1.29 is 18.8 Å². The number of nitrogens with zero attached hydrogens (tertiary/aromatic N) is 1. The van der Waals surface area contributed by atoms with Gasteiger partial charge in [-0.2, -0.15) is 0 Å². The number of barbiturate groups is 1. The molecule has 1 aliphatic rings. The van der Waals surface area contributed by atoms with Crippen LogP contribution in [0.2, 0.25) is 0 Å². The topological polar surface area (TPSA) is 79.6 Å². The molecule has 0 bridgehead atoms. The van der Waals surface area contributed by atoms with E-state index in [0.29, 0.717) is 17.2 Å². The van der Waals surface area contributed by atoms with Gasteiger partial charge in [-0.05, 0) is 49.4 Å². The van der Waals surface area contributed by atoms with E-state index in [-0.39, 0.29) is 5.57 Å². The van der Waals surface area contributed by atoms with Gasteiger partial charge in [-0.3, -0.25) is 14.9 Å². The molecule has 1 N–H and O–H groups in total. The van der Waals surface area contributed by atoms with Crippen LogP contribution in [-0.4, -0.2) is 17.8 Å². The average molecular weight is 375 g/mol. The highest BCUT2D eigenvalue weighted by molar-refractivity contribution is 9.10. The monoisotopic (exact) mass is 374 g/mol. The van der Waals surface area contributed by atoms with Crippen molar-refractivity contribution in [3.8, 4) is 0 Å². The summed E-state index contributed by atoms with van der Waals surface area (Å²) in [5.74, 6) is -0.426. The van der Waals surface area contributed by atoms with Crippen molar-refractivity contribution in [3.05, 3.63) is 58.0 Å². The van der Waals surface area contributed by atoms with Crippen LogP contribution in [0.1, 0.15) is 11.5 Å². The van der Waals surface area contributed by atoms with Crippen LogP contribution in [0.15, 0.2) is 50.9 Å². The maximum absolute atomic E-state index is 12.6. The Balaban J connectivity index is 2.00. The molecule has 1 aromatic carbocycles. The van der Waals surface area contributed by atoms with Crippen LogP contribution in [0.3, 0.4) is 0 Å². The van der Waals surface area contributed by atoms with E-state index in [0.717, 1.165) is 9.37 Å². The Morgan fingerprint density at radius 1 is 1.09 bits per heavy atom. The lowest BCUT2D eigenvalue weighted by molar-refractivity contribution is -0.122. The molecule has 23 heavy (non-hydrogen) atoms. The van der Waals surface area contributed by atoms with Crippen LogP contribution in [0.5, 0.6) is 0 Å². The van der Waals surface area contributed by atoms with Gasteiger partial charge < -0.3 is 4.42 Å². The number of halogens is 1. The van der Waals surface area contributed by atoms with E-state index < -0.39 is 17.8 Å². The van der Waals surface area contributed by atoms with Crippen molar-refractivity contribution in [1.82, 2.24) is 5.32 Å². The lowest BCUT2D eigenvalue weighted by Crippen LogP contribution is -2.54. The molecule has 4 amide bonds. The SMILES string of the molecule is Cc1ccc(/C=C2\C(=O)NC(=O)N(c3ccc(Br)cc3)C2=O)o1. The van der Waals surface area contributed by atoms with E-state index in [2.05, 4.69) is 21.2 Å². The zero-order valence-corrected chi connectivity index (χ0v) is 13.6. The summed E-state index contributed by atoms with van der Waals surface area (Å²) in [7, 11) is 0. The van der Waals surface area contributed by atoms with Gasteiger partial charge in [0.15, 0.2) is 0 Å². The number of aryl methyl sites for hydroxylation is 1. The summed E-state index contributed by atoms with van der Waals surface area (Å²) >= 11 is 3.29. The number of furan rings is 1. The van der Waals surface area contributed by atoms with E-state index in [1.165, 1.54) is 6.08 Å². The highest BCUT2D eigenvalue weighted by Crippen LogP contribution is 2.24. The van der Waals surface area contributed by atoms with Crippen molar-refractivity contribution in [2.75, 3.05) is 4.90 Å². The maximum atomic E-state index is 12.6. The summed E-state index contributed by atoms with van der Waals surface area (Å²) in [6, 6.07) is 9.18. The second-order valence-electron chi connectivity index (χ2n) is 4.88. The molecule has 2 heterocycles. The number of anilines is 1. The molecule has 2 aromatic rings. The molecule has 0 spiro atoms. The van der Waals surface area contributed by atoms with Crippen molar-refractivity contribution in [2.45, 2.75) is 6.92 Å². The number of hydrogen-bond acceptors (Lipinski definition) is 4. The Labute approximate surface area is 139 Å². The molecule has 1 aromatic heterocycles. The Morgan fingerprint density at radius 3 is 2.39 bits per heavy atom. The molecule has 1 fully saturated rings. The van der Waals surface area contributed by atoms with E-state index >= 15 is 0 Å². The van der Waals surface area contributed by atoms with E-state index in [9.17, 15) is 14.4 Å². The second-order valence-corrected chi connectivity index (χ2v) is 5.80. The Morgan fingerprint density at radius 2 is 1.78 bits per heavy atom. The largest absolute Gasteiger partial charge is 0.462 e. The van der Waals surface area contributed by atoms with Crippen molar-refractivity contribution in [1.29, 1.82) is 0 Å². The number of urea groups is 1. The van der Waals surface area contributed by atoms with Crippen LogP contribution in [0.25, 0.3) is 6.08 Å². The molecular formula is C16H11BrN2O4. The van der Waals surface area contributed by atoms with Crippen LogP contribution in [0, 0.1) is 6.92 Å². The lowest BCUT2D eigenvalue weighted by Gasteiger charge is -2.26. The third-order valence-corrected chi connectivity index (χ3v) is 3.76. The van der Waals surface area contributed by atoms with Gasteiger partial charge >= 0.3 is 6.03 Å². The van der Waals surface area contributed by atoms with Gasteiger partial charge in [0.2, 0.25) is 0 Å². The van der Waals surface area contributed by atoms with Crippen LogP contribution in [0.4, 0.5) is 10.5 Å². The molecule has 6 nitrogen and oxygen atoms in total. The summed E-state index contributed by atoms with van der Waals surface area (Å²) < 4.78 is 6.16. The average Bonchev–Trinajstić information content (AvgIpc) is 2.91. The maximum Gasteiger partial charge on any atom is 0.335 e. The predicted octanol–water partition coefficient (Wildman–Crippen LogP) is 3.02. The van der Waals surface area contributed by atoms with E-state index in [4.69, 9.17) is 4.42 Å². The van der Waals surface area contributed by atoms with Gasteiger partial charge in [-0.15, -0.1) is 0 Å². The van der Waals surface area contributed by atoms with Crippen molar-refractivity contribution >= 4 is 45.5 Å². The molecule has 0 radical (unpaired) electrons. The fourth-order valence-electron chi connectivity index (χ4n) is 2.16. The summed E-state index contributed by atoms with van der Waals surface area (Å²) in [6.07, 6.45) is 1.32. The number of amides is 4. The molecule has 0 unspecified atom stereocenters. The van der Waals surface area contributed by atoms with Crippen LogP contribution in [-0.2, 0) is 9.59 Å². The number of imide groups is 2. The molecule has 116 valence electrons. The Bertz CT molecular complexity index is 836. The molecule has 0 saturated carbocycles. The quantitative estimate of drug-likeness (QED) is 0.647. The Kier molecular flexibility index (Phi) is 3.87. The summed E-state index contributed by atoms with van der Waals surface area (Å²) in [6.45, 7) is 1.75. The highest BCUT2D eigenvalue weighted by Gasteiger charge is 2.36. The van der Waals surface area contributed by atoms with Crippen LogP contribution >= 0.6 is 15.9 Å². The number of carbonyl (C=O) groups excluding carboxylic acids is 3. The van der Waals surface area contributed by atoms with Crippen molar-refractivity contribution in [2.24, 2.45) is 0 Å². The lowest BCUT2D eigenvalue weighted by atomic mass is 10.1. The number of rotatable bonds is 2. The molecule has 0 aliphatic carbocycles. The van der Waals surface area contributed by atoms with Gasteiger partial charge in [-0.1, -0.05) is 15.9 Å².